The van der Waals surface area contributed by atoms with Crippen molar-refractivity contribution in [3.05, 3.63) is 30.5 Å². The van der Waals surface area contributed by atoms with Gasteiger partial charge in [0.05, 0.1) is 10.9 Å². The van der Waals surface area contributed by atoms with Crippen LogP contribution in [0.25, 0.3) is 10.9 Å². The van der Waals surface area contributed by atoms with E-state index in [-0.39, 0.29) is 0 Å². The molecule has 0 aliphatic heterocycles. The van der Waals surface area contributed by atoms with Crippen molar-refractivity contribution >= 4 is 10.9 Å². The molecule has 0 aliphatic rings. The second-order valence-electron chi connectivity index (χ2n) is 2.49. The van der Waals surface area contributed by atoms with Gasteiger partial charge in [0.25, 0.3) is 0 Å². The predicted octanol–water partition coefficient (Wildman–Crippen LogP) is 1.40. The topological polar surface area (TPSA) is 38.7 Å². The highest BCUT2D eigenvalue weighted by atomic mass is 14.8. The summed E-state index contributed by atoms with van der Waals surface area (Å²) in [5, 5.41) is 0.902. The molecule has 3 heteroatoms. The molecule has 0 amide bonds. The van der Waals surface area contributed by atoms with E-state index in [9.17, 15) is 0 Å². The Morgan fingerprint density at radius 1 is 1.31 bits per heavy atom. The lowest BCUT2D eigenvalue weighted by Gasteiger charge is -1.96. The summed E-state index contributed by atoms with van der Waals surface area (Å²) in [6.45, 7) is 1.78. The molecule has 0 N–H and O–H groups in total. The monoisotopic (exact) mass is 169 g/mol. The molecule has 3 nitrogen and oxygen atoms in total. The van der Waals surface area contributed by atoms with Crippen molar-refractivity contribution in [3.8, 4) is 11.8 Å². The Morgan fingerprint density at radius 3 is 3.08 bits per heavy atom. The first kappa shape index (κ1) is 7.69. The Morgan fingerprint density at radius 2 is 2.23 bits per heavy atom. The van der Waals surface area contributed by atoms with Crippen LogP contribution in [0, 0.1) is 11.8 Å². The average Bonchev–Trinajstić information content (AvgIpc) is 2.19. The zero-order chi connectivity index (χ0) is 9.10. The molecule has 0 unspecified atom stereocenters. The number of pyridine rings is 1. The van der Waals surface area contributed by atoms with Gasteiger partial charge in [-0.2, -0.15) is 0 Å². The number of rotatable bonds is 0. The van der Waals surface area contributed by atoms with Crippen LogP contribution in [0.4, 0.5) is 0 Å². The number of fused-ring (bicyclic) bond motifs is 1. The van der Waals surface area contributed by atoms with E-state index in [1.165, 1.54) is 6.33 Å². The summed E-state index contributed by atoms with van der Waals surface area (Å²) in [7, 11) is 0. The van der Waals surface area contributed by atoms with Gasteiger partial charge in [0.15, 0.2) is 0 Å². The Kier molecular flexibility index (Phi) is 1.89. The minimum Gasteiger partial charge on any atom is -0.247 e. The molecule has 0 bridgehead atoms. The highest BCUT2D eigenvalue weighted by Gasteiger charge is 1.98. The highest BCUT2D eigenvalue weighted by molar-refractivity contribution is 5.82. The zero-order valence-corrected chi connectivity index (χ0v) is 7.15. The number of nitrogens with zero attached hydrogens (tertiary/aromatic N) is 3. The second-order valence-corrected chi connectivity index (χ2v) is 2.49. The molecule has 62 valence electrons. The lowest BCUT2D eigenvalue weighted by Crippen LogP contribution is -1.87. The summed E-state index contributed by atoms with van der Waals surface area (Å²) in [6.07, 6.45) is 4.95. The zero-order valence-electron chi connectivity index (χ0n) is 7.15. The SMILES string of the molecule is CC#Cc1nccc2ncncc12. The fourth-order valence-corrected chi connectivity index (χ4v) is 1.12. The summed E-state index contributed by atoms with van der Waals surface area (Å²) in [4.78, 5) is 12.2. The van der Waals surface area contributed by atoms with Gasteiger partial charge in [-0.15, -0.1) is 0 Å². The maximum absolute atomic E-state index is 4.14. The molecular formula is C10H7N3. The van der Waals surface area contributed by atoms with Crippen molar-refractivity contribution in [1.29, 1.82) is 0 Å². The lowest BCUT2D eigenvalue weighted by molar-refractivity contribution is 1.20. The van der Waals surface area contributed by atoms with Crippen molar-refractivity contribution in [2.45, 2.75) is 6.92 Å². The van der Waals surface area contributed by atoms with Crippen LogP contribution in [0.1, 0.15) is 12.6 Å². The predicted molar refractivity (Wildman–Crippen MR) is 49.9 cm³/mol. The Labute approximate surface area is 75.9 Å². The third-order valence-corrected chi connectivity index (χ3v) is 1.68. The van der Waals surface area contributed by atoms with E-state index in [2.05, 4.69) is 26.8 Å². The second kappa shape index (κ2) is 3.20. The van der Waals surface area contributed by atoms with E-state index in [4.69, 9.17) is 0 Å². The standard InChI is InChI=1S/C10H7N3/c1-2-3-9-8-6-11-7-13-10(8)4-5-12-9/h4-7H,1H3. The molecule has 2 rings (SSSR count). The molecule has 0 aliphatic carbocycles. The fourth-order valence-electron chi connectivity index (χ4n) is 1.12. The molecule has 0 fully saturated rings. The molecule has 2 aromatic rings. The van der Waals surface area contributed by atoms with E-state index in [0.29, 0.717) is 0 Å². The Bertz CT molecular complexity index is 489. The molecule has 2 heterocycles. The third kappa shape index (κ3) is 1.34. The van der Waals surface area contributed by atoms with Gasteiger partial charge >= 0.3 is 0 Å². The Balaban J connectivity index is 2.80. The summed E-state index contributed by atoms with van der Waals surface area (Å²) < 4.78 is 0. The van der Waals surface area contributed by atoms with E-state index in [1.54, 1.807) is 19.3 Å². The maximum Gasteiger partial charge on any atom is 0.124 e. The fraction of sp³-hybridized carbons (Fsp3) is 0.100. The van der Waals surface area contributed by atoms with Gasteiger partial charge < -0.3 is 0 Å². The van der Waals surface area contributed by atoms with Gasteiger partial charge in [0.1, 0.15) is 12.0 Å². The van der Waals surface area contributed by atoms with Gasteiger partial charge in [0.2, 0.25) is 0 Å². The summed E-state index contributed by atoms with van der Waals surface area (Å²) in [5.41, 5.74) is 1.61. The van der Waals surface area contributed by atoms with Crippen LogP contribution in [-0.2, 0) is 0 Å². The van der Waals surface area contributed by atoms with Crippen LogP contribution >= 0.6 is 0 Å². The van der Waals surface area contributed by atoms with Crippen LogP contribution in [0.5, 0.6) is 0 Å². The van der Waals surface area contributed by atoms with E-state index >= 15 is 0 Å². The maximum atomic E-state index is 4.14. The molecule has 0 radical (unpaired) electrons. The van der Waals surface area contributed by atoms with Crippen LogP contribution in [0.3, 0.4) is 0 Å². The first-order valence-corrected chi connectivity index (χ1v) is 3.89. The molecule has 13 heavy (non-hydrogen) atoms. The minimum absolute atomic E-state index is 0.737. The average molecular weight is 169 g/mol. The molecule has 0 saturated carbocycles. The lowest BCUT2D eigenvalue weighted by atomic mass is 10.2. The van der Waals surface area contributed by atoms with E-state index in [0.717, 1.165) is 16.6 Å². The van der Waals surface area contributed by atoms with Crippen molar-refractivity contribution in [3.63, 3.8) is 0 Å². The van der Waals surface area contributed by atoms with Crippen LogP contribution < -0.4 is 0 Å². The Hall–Kier alpha value is -1.95. The smallest absolute Gasteiger partial charge is 0.124 e. The molecular weight excluding hydrogens is 162 g/mol. The van der Waals surface area contributed by atoms with Crippen molar-refractivity contribution in [2.75, 3.05) is 0 Å². The first-order chi connectivity index (χ1) is 6.42. The van der Waals surface area contributed by atoms with Crippen molar-refractivity contribution in [2.24, 2.45) is 0 Å². The molecule has 0 aromatic carbocycles. The van der Waals surface area contributed by atoms with Crippen molar-refractivity contribution < 1.29 is 0 Å². The van der Waals surface area contributed by atoms with E-state index < -0.39 is 0 Å². The van der Waals surface area contributed by atoms with Crippen LogP contribution in [0.15, 0.2) is 24.8 Å². The van der Waals surface area contributed by atoms with Gasteiger partial charge in [-0.05, 0) is 18.9 Å². The molecule has 0 spiro atoms. The third-order valence-electron chi connectivity index (χ3n) is 1.68. The number of hydrogen-bond donors (Lipinski definition) is 0. The number of hydrogen-bond acceptors (Lipinski definition) is 3. The van der Waals surface area contributed by atoms with Gasteiger partial charge in [-0.3, -0.25) is 0 Å². The summed E-state index contributed by atoms with van der Waals surface area (Å²) in [5.74, 6) is 5.72. The molecule has 0 saturated heterocycles. The summed E-state index contributed by atoms with van der Waals surface area (Å²) in [6, 6.07) is 1.85. The van der Waals surface area contributed by atoms with E-state index in [1.807, 2.05) is 6.07 Å². The normalized spacial score (nSPS) is 9.31. The first-order valence-electron chi connectivity index (χ1n) is 3.89. The van der Waals surface area contributed by atoms with Crippen molar-refractivity contribution in [1.82, 2.24) is 15.0 Å². The quantitative estimate of drug-likeness (QED) is 0.559. The largest absolute Gasteiger partial charge is 0.247 e. The van der Waals surface area contributed by atoms with Gasteiger partial charge in [0, 0.05) is 12.4 Å². The highest BCUT2D eigenvalue weighted by Crippen LogP contribution is 2.10. The minimum atomic E-state index is 0.737. The summed E-state index contributed by atoms with van der Waals surface area (Å²) >= 11 is 0. The van der Waals surface area contributed by atoms with Gasteiger partial charge in [-0.25, -0.2) is 15.0 Å². The van der Waals surface area contributed by atoms with Crippen LogP contribution in [0.2, 0.25) is 0 Å². The van der Waals surface area contributed by atoms with Gasteiger partial charge in [-0.1, -0.05) is 5.92 Å². The molecule has 2 aromatic heterocycles. The number of aromatic nitrogens is 3. The molecule has 0 atom stereocenters. The van der Waals surface area contributed by atoms with Crippen LogP contribution in [-0.4, -0.2) is 15.0 Å².